The number of carbonyl (C=O) groups excluding carboxylic acids is 1. The number of alkyl halides is 3. The zero-order valence-electron chi connectivity index (χ0n) is 14.6. The molecule has 1 saturated carbocycles. The van der Waals surface area contributed by atoms with E-state index in [0.29, 0.717) is 6.54 Å². The standard InChI is InChI=1S/C16H18BrClF3N5O/c1-3-25-11(10(17)6-23-25)7-22-15(27)8(2)26-13(9-4-5-9)12(18)14(24-26)16(19,20)21/h6,8-9H,3-5,7H2,1-2H3,(H,22,27). The van der Waals surface area contributed by atoms with Crippen molar-refractivity contribution < 1.29 is 18.0 Å². The molecule has 0 aromatic carbocycles. The fourth-order valence-electron chi connectivity index (χ4n) is 2.89. The van der Waals surface area contributed by atoms with E-state index in [1.807, 2.05) is 6.92 Å². The van der Waals surface area contributed by atoms with Gasteiger partial charge in [0.15, 0.2) is 5.69 Å². The quantitative estimate of drug-likeness (QED) is 0.688. The number of nitrogens with one attached hydrogen (secondary N) is 1. The molecule has 11 heteroatoms. The first-order valence-corrected chi connectivity index (χ1v) is 9.65. The molecule has 27 heavy (non-hydrogen) atoms. The molecule has 0 aliphatic heterocycles. The summed E-state index contributed by atoms with van der Waals surface area (Å²) in [6.07, 6.45) is -1.57. The van der Waals surface area contributed by atoms with Crippen LogP contribution in [-0.2, 0) is 24.1 Å². The molecule has 1 unspecified atom stereocenters. The van der Waals surface area contributed by atoms with E-state index in [4.69, 9.17) is 11.6 Å². The number of halogens is 5. The zero-order chi connectivity index (χ0) is 19.9. The minimum Gasteiger partial charge on any atom is -0.349 e. The molecule has 2 aromatic rings. The third kappa shape index (κ3) is 4.01. The number of hydrogen-bond acceptors (Lipinski definition) is 3. The van der Waals surface area contributed by atoms with Gasteiger partial charge in [-0.2, -0.15) is 23.4 Å². The molecule has 1 N–H and O–H groups in total. The minimum absolute atomic E-state index is 0.0907. The van der Waals surface area contributed by atoms with Gasteiger partial charge in [-0.25, -0.2) is 0 Å². The van der Waals surface area contributed by atoms with Crippen LogP contribution in [-0.4, -0.2) is 25.5 Å². The van der Waals surface area contributed by atoms with Crippen LogP contribution < -0.4 is 5.32 Å². The van der Waals surface area contributed by atoms with E-state index < -0.39 is 28.8 Å². The van der Waals surface area contributed by atoms with Crippen molar-refractivity contribution in [2.45, 2.75) is 57.9 Å². The Morgan fingerprint density at radius 3 is 2.70 bits per heavy atom. The van der Waals surface area contributed by atoms with Gasteiger partial charge in [0.25, 0.3) is 0 Å². The summed E-state index contributed by atoms with van der Waals surface area (Å²) in [6.45, 7) is 4.25. The van der Waals surface area contributed by atoms with Crippen molar-refractivity contribution in [3.63, 3.8) is 0 Å². The Morgan fingerprint density at radius 1 is 1.48 bits per heavy atom. The van der Waals surface area contributed by atoms with Gasteiger partial charge in [-0.15, -0.1) is 0 Å². The van der Waals surface area contributed by atoms with Crippen LogP contribution in [0.25, 0.3) is 0 Å². The van der Waals surface area contributed by atoms with E-state index in [0.717, 1.165) is 27.7 Å². The molecule has 0 radical (unpaired) electrons. The van der Waals surface area contributed by atoms with Crippen LogP contribution >= 0.6 is 27.5 Å². The molecule has 1 amide bonds. The minimum atomic E-state index is -4.67. The van der Waals surface area contributed by atoms with E-state index in [2.05, 4.69) is 31.4 Å². The number of aryl methyl sites for hydroxylation is 1. The average molecular weight is 469 g/mol. The fraction of sp³-hybridized carbons (Fsp3) is 0.562. The van der Waals surface area contributed by atoms with Crippen LogP contribution in [0, 0.1) is 0 Å². The smallest absolute Gasteiger partial charge is 0.349 e. The van der Waals surface area contributed by atoms with Gasteiger partial charge in [0.1, 0.15) is 6.04 Å². The Bertz CT molecular complexity index is 859. The van der Waals surface area contributed by atoms with Crippen LogP contribution in [0.15, 0.2) is 10.7 Å². The maximum absolute atomic E-state index is 13.2. The van der Waals surface area contributed by atoms with Crippen LogP contribution in [0.2, 0.25) is 5.02 Å². The maximum Gasteiger partial charge on any atom is 0.436 e. The number of nitrogens with zero attached hydrogens (tertiary/aromatic N) is 4. The SMILES string of the molecule is CCn1ncc(Br)c1CNC(=O)C(C)n1nc(C(F)(F)F)c(Cl)c1C1CC1. The summed E-state index contributed by atoms with van der Waals surface area (Å²) in [7, 11) is 0. The first kappa shape index (κ1) is 20.2. The van der Waals surface area contributed by atoms with Crippen LogP contribution in [0.4, 0.5) is 13.2 Å². The molecule has 2 heterocycles. The molecule has 0 bridgehead atoms. The van der Waals surface area contributed by atoms with Crippen molar-refractivity contribution in [3.05, 3.63) is 32.8 Å². The highest BCUT2D eigenvalue weighted by Crippen LogP contribution is 2.47. The predicted molar refractivity (Wildman–Crippen MR) is 96.4 cm³/mol. The van der Waals surface area contributed by atoms with Crippen molar-refractivity contribution >= 4 is 33.4 Å². The first-order valence-electron chi connectivity index (χ1n) is 8.48. The molecule has 0 saturated heterocycles. The summed E-state index contributed by atoms with van der Waals surface area (Å²) in [5.74, 6) is -0.535. The molecule has 6 nitrogen and oxygen atoms in total. The molecule has 1 atom stereocenters. The highest BCUT2D eigenvalue weighted by atomic mass is 79.9. The summed E-state index contributed by atoms with van der Waals surface area (Å²) < 4.78 is 43.1. The molecule has 148 valence electrons. The molecule has 1 aliphatic carbocycles. The third-order valence-electron chi connectivity index (χ3n) is 4.49. The van der Waals surface area contributed by atoms with Gasteiger partial charge < -0.3 is 5.32 Å². The Kier molecular flexibility index (Phi) is 5.58. The van der Waals surface area contributed by atoms with Crippen molar-refractivity contribution in [2.24, 2.45) is 0 Å². The van der Waals surface area contributed by atoms with Gasteiger partial charge in [0, 0.05) is 12.5 Å². The zero-order valence-corrected chi connectivity index (χ0v) is 17.0. The summed E-state index contributed by atoms with van der Waals surface area (Å²) >= 11 is 9.33. The normalized spacial score (nSPS) is 15.8. The monoisotopic (exact) mass is 467 g/mol. The van der Waals surface area contributed by atoms with E-state index in [1.165, 1.54) is 6.92 Å². The van der Waals surface area contributed by atoms with Gasteiger partial charge in [-0.1, -0.05) is 11.6 Å². The van der Waals surface area contributed by atoms with Crippen molar-refractivity contribution in [2.75, 3.05) is 0 Å². The molecule has 1 fully saturated rings. The molecule has 0 spiro atoms. The topological polar surface area (TPSA) is 64.7 Å². The number of amides is 1. The molecule has 3 rings (SSSR count). The predicted octanol–water partition coefficient (Wildman–Crippen LogP) is 4.29. The molecular weight excluding hydrogens is 451 g/mol. The van der Waals surface area contributed by atoms with Gasteiger partial charge in [0.05, 0.1) is 33.6 Å². The van der Waals surface area contributed by atoms with E-state index >= 15 is 0 Å². The van der Waals surface area contributed by atoms with Crippen molar-refractivity contribution in [1.29, 1.82) is 0 Å². The van der Waals surface area contributed by atoms with Gasteiger partial charge in [-0.05, 0) is 42.6 Å². The summed E-state index contributed by atoms with van der Waals surface area (Å²) in [4.78, 5) is 12.6. The van der Waals surface area contributed by atoms with Crippen molar-refractivity contribution in [1.82, 2.24) is 24.9 Å². The Balaban J connectivity index is 1.82. The lowest BCUT2D eigenvalue weighted by atomic mass is 10.2. The fourth-order valence-corrected chi connectivity index (χ4v) is 3.71. The van der Waals surface area contributed by atoms with Gasteiger partial charge in [-0.3, -0.25) is 14.2 Å². The number of hydrogen-bond donors (Lipinski definition) is 1. The van der Waals surface area contributed by atoms with Gasteiger partial charge >= 0.3 is 6.18 Å². The Labute approximate surface area is 167 Å². The molecule has 2 aromatic heterocycles. The van der Waals surface area contributed by atoms with Crippen LogP contribution in [0.5, 0.6) is 0 Å². The summed E-state index contributed by atoms with van der Waals surface area (Å²) in [5.41, 5.74) is -0.0844. The van der Waals surface area contributed by atoms with Crippen molar-refractivity contribution in [3.8, 4) is 0 Å². The maximum atomic E-state index is 13.2. The van der Waals surface area contributed by atoms with E-state index in [1.54, 1.807) is 10.9 Å². The third-order valence-corrected chi connectivity index (χ3v) is 5.53. The summed E-state index contributed by atoms with van der Waals surface area (Å²) in [6, 6.07) is -0.925. The second-order valence-electron chi connectivity index (χ2n) is 6.41. The first-order chi connectivity index (χ1) is 12.6. The molecular formula is C16H18BrClF3N5O. The number of carbonyl (C=O) groups is 1. The highest BCUT2D eigenvalue weighted by molar-refractivity contribution is 9.10. The summed E-state index contributed by atoms with van der Waals surface area (Å²) in [5, 5.41) is 10.1. The second kappa shape index (κ2) is 7.46. The lowest BCUT2D eigenvalue weighted by Crippen LogP contribution is -2.32. The Hall–Kier alpha value is -1.55. The lowest BCUT2D eigenvalue weighted by molar-refractivity contribution is -0.141. The lowest BCUT2D eigenvalue weighted by Gasteiger charge is -2.16. The highest BCUT2D eigenvalue weighted by Gasteiger charge is 2.43. The molecule has 1 aliphatic rings. The second-order valence-corrected chi connectivity index (χ2v) is 7.65. The largest absolute Gasteiger partial charge is 0.436 e. The van der Waals surface area contributed by atoms with Crippen LogP contribution in [0.1, 0.15) is 55.7 Å². The van der Waals surface area contributed by atoms with Gasteiger partial charge in [0.2, 0.25) is 5.91 Å². The van der Waals surface area contributed by atoms with Crippen LogP contribution in [0.3, 0.4) is 0 Å². The van der Waals surface area contributed by atoms with E-state index in [9.17, 15) is 18.0 Å². The number of rotatable bonds is 6. The average Bonchev–Trinajstić information content (AvgIpc) is 3.28. The number of aromatic nitrogens is 4. The Morgan fingerprint density at radius 2 is 2.15 bits per heavy atom. The van der Waals surface area contributed by atoms with E-state index in [-0.39, 0.29) is 18.2 Å².